The maximum atomic E-state index is 10.4. The second-order valence-corrected chi connectivity index (χ2v) is 7.24. The van der Waals surface area contributed by atoms with Gasteiger partial charge in [-0.15, -0.1) is 0 Å². The largest absolute Gasteiger partial charge is 0.481 e. The Morgan fingerprint density at radius 1 is 0.731 bits per heavy atom. The van der Waals surface area contributed by atoms with Crippen LogP contribution in [0.3, 0.4) is 0 Å². The number of unbranched alkanes of at least 4 members (excludes halogenated alkanes) is 9. The molecule has 26 heavy (non-hydrogen) atoms. The quantitative estimate of drug-likeness (QED) is 0.201. The third-order valence-electron chi connectivity index (χ3n) is 4.62. The van der Waals surface area contributed by atoms with E-state index in [2.05, 4.69) is 12.2 Å². The van der Waals surface area contributed by atoms with Crippen molar-refractivity contribution < 1.29 is 25.2 Å². The van der Waals surface area contributed by atoms with Gasteiger partial charge in [-0.05, 0) is 38.5 Å². The minimum absolute atomic E-state index is 0.146. The molecule has 0 aliphatic rings. The van der Waals surface area contributed by atoms with Gasteiger partial charge in [0, 0.05) is 6.42 Å². The van der Waals surface area contributed by atoms with Gasteiger partial charge in [-0.1, -0.05) is 63.5 Å². The summed E-state index contributed by atoms with van der Waals surface area (Å²) in [6.07, 6.45) is 17.4. The Bertz CT molecular complexity index is 343. The Kier molecular flexibility index (Phi) is 18.2. The molecule has 0 heterocycles. The summed E-state index contributed by atoms with van der Waals surface area (Å²) in [5.74, 6) is -0.704. The van der Waals surface area contributed by atoms with Crippen LogP contribution in [0.2, 0.25) is 0 Å². The van der Waals surface area contributed by atoms with E-state index in [1.807, 2.05) is 0 Å². The molecule has 0 aromatic carbocycles. The van der Waals surface area contributed by atoms with E-state index in [9.17, 15) is 15.0 Å². The number of rotatable bonds is 19. The molecular weight excluding hydrogens is 332 g/mol. The lowest BCUT2D eigenvalue weighted by molar-refractivity contribution is -0.137. The first kappa shape index (κ1) is 25.1. The highest BCUT2D eigenvalue weighted by atomic mass is 16.4. The normalized spacial score (nSPS) is 14.0. The molecule has 5 nitrogen and oxygen atoms in total. The Morgan fingerprint density at radius 2 is 1.27 bits per heavy atom. The molecule has 0 spiro atoms. The number of carboxylic acids is 1. The van der Waals surface area contributed by atoms with E-state index in [0.29, 0.717) is 6.42 Å². The molecule has 4 N–H and O–H groups in total. The van der Waals surface area contributed by atoms with Gasteiger partial charge in [-0.3, -0.25) is 4.79 Å². The van der Waals surface area contributed by atoms with Crippen molar-refractivity contribution in [2.75, 3.05) is 6.61 Å². The van der Waals surface area contributed by atoms with Crippen molar-refractivity contribution in [1.29, 1.82) is 0 Å². The van der Waals surface area contributed by atoms with Crippen LogP contribution in [-0.2, 0) is 4.79 Å². The van der Waals surface area contributed by atoms with Crippen LogP contribution in [0.25, 0.3) is 0 Å². The standard InChI is InChI=1S/C21H40O5/c22-18-20(24)16-12-8-5-7-11-15-19(23)14-10-6-3-1-2-4-9-13-17-21(25)26/h6,10,19-20,22-24H,1-5,7-9,11-18H2,(H,25,26)/t19-,20?/m0/s1. The second kappa shape index (κ2) is 18.9. The maximum Gasteiger partial charge on any atom is 0.303 e. The van der Waals surface area contributed by atoms with E-state index in [1.165, 1.54) is 0 Å². The molecule has 0 aromatic heterocycles. The fourth-order valence-corrected chi connectivity index (χ4v) is 2.94. The Balaban J connectivity index is 3.31. The first-order chi connectivity index (χ1) is 12.6. The first-order valence-corrected chi connectivity index (χ1v) is 10.4. The molecule has 2 atom stereocenters. The lowest BCUT2D eigenvalue weighted by atomic mass is 10.0. The van der Waals surface area contributed by atoms with Gasteiger partial charge in [0.25, 0.3) is 0 Å². The third-order valence-corrected chi connectivity index (χ3v) is 4.62. The summed E-state index contributed by atoms with van der Waals surface area (Å²) < 4.78 is 0. The van der Waals surface area contributed by atoms with Crippen molar-refractivity contribution >= 4 is 5.97 Å². The van der Waals surface area contributed by atoms with Crippen LogP contribution in [0.15, 0.2) is 12.2 Å². The SMILES string of the molecule is O=C(O)CCCCCCCC=CC[C@H](O)CCCCCCCC(O)CO. The van der Waals surface area contributed by atoms with Crippen molar-refractivity contribution in [3.8, 4) is 0 Å². The number of carbonyl (C=O) groups is 1. The topological polar surface area (TPSA) is 98.0 Å². The smallest absolute Gasteiger partial charge is 0.303 e. The Morgan fingerprint density at radius 3 is 1.88 bits per heavy atom. The van der Waals surface area contributed by atoms with Crippen molar-refractivity contribution in [2.24, 2.45) is 0 Å². The van der Waals surface area contributed by atoms with E-state index in [-0.39, 0.29) is 19.1 Å². The zero-order valence-electron chi connectivity index (χ0n) is 16.3. The Hall–Kier alpha value is -0.910. The van der Waals surface area contributed by atoms with Crippen LogP contribution in [0.1, 0.15) is 96.3 Å². The highest BCUT2D eigenvalue weighted by molar-refractivity contribution is 5.66. The van der Waals surface area contributed by atoms with Gasteiger partial charge in [0.15, 0.2) is 0 Å². The number of carboxylic acid groups (broad SMARTS) is 1. The maximum absolute atomic E-state index is 10.4. The number of aliphatic hydroxyl groups excluding tert-OH is 3. The molecule has 0 amide bonds. The zero-order valence-corrected chi connectivity index (χ0v) is 16.3. The van der Waals surface area contributed by atoms with Gasteiger partial charge < -0.3 is 20.4 Å². The van der Waals surface area contributed by atoms with Crippen molar-refractivity contribution in [1.82, 2.24) is 0 Å². The van der Waals surface area contributed by atoms with Crippen molar-refractivity contribution in [3.05, 3.63) is 12.2 Å². The number of hydrogen-bond acceptors (Lipinski definition) is 4. The lowest BCUT2D eigenvalue weighted by Crippen LogP contribution is -2.11. The van der Waals surface area contributed by atoms with Gasteiger partial charge in [0.2, 0.25) is 0 Å². The third kappa shape index (κ3) is 19.4. The van der Waals surface area contributed by atoms with Crippen molar-refractivity contribution in [3.63, 3.8) is 0 Å². The summed E-state index contributed by atoms with van der Waals surface area (Å²) in [4.78, 5) is 10.4. The molecule has 5 heteroatoms. The summed E-state index contributed by atoms with van der Waals surface area (Å²) in [5.41, 5.74) is 0. The molecular formula is C21H40O5. The van der Waals surface area contributed by atoms with Crippen LogP contribution in [-0.4, -0.2) is 45.2 Å². The number of aliphatic carboxylic acids is 1. The Labute approximate surface area is 159 Å². The second-order valence-electron chi connectivity index (χ2n) is 7.24. The van der Waals surface area contributed by atoms with Gasteiger partial charge in [-0.2, -0.15) is 0 Å². The summed E-state index contributed by atoms with van der Waals surface area (Å²) in [6.45, 7) is -0.146. The molecule has 0 aromatic rings. The van der Waals surface area contributed by atoms with Gasteiger partial charge >= 0.3 is 5.97 Å². The first-order valence-electron chi connectivity index (χ1n) is 10.4. The molecule has 0 saturated heterocycles. The van der Waals surface area contributed by atoms with Crippen LogP contribution in [0.5, 0.6) is 0 Å². The molecule has 154 valence electrons. The highest BCUT2D eigenvalue weighted by Crippen LogP contribution is 2.12. The van der Waals surface area contributed by atoms with Gasteiger partial charge in [0.05, 0.1) is 18.8 Å². The van der Waals surface area contributed by atoms with Crippen LogP contribution >= 0.6 is 0 Å². The molecule has 0 saturated carbocycles. The van der Waals surface area contributed by atoms with Crippen LogP contribution in [0.4, 0.5) is 0 Å². The van der Waals surface area contributed by atoms with Gasteiger partial charge in [0.1, 0.15) is 0 Å². The predicted molar refractivity (Wildman–Crippen MR) is 105 cm³/mol. The summed E-state index contributed by atoms with van der Waals surface area (Å²) in [5, 5.41) is 36.4. The van der Waals surface area contributed by atoms with Crippen LogP contribution < -0.4 is 0 Å². The predicted octanol–water partition coefficient (Wildman–Crippen LogP) is 4.19. The van der Waals surface area contributed by atoms with E-state index in [4.69, 9.17) is 10.2 Å². The van der Waals surface area contributed by atoms with Crippen LogP contribution in [0, 0.1) is 0 Å². The van der Waals surface area contributed by atoms with E-state index >= 15 is 0 Å². The monoisotopic (exact) mass is 372 g/mol. The average Bonchev–Trinajstić information content (AvgIpc) is 2.61. The molecule has 1 unspecified atom stereocenters. The highest BCUT2D eigenvalue weighted by Gasteiger charge is 2.03. The number of allylic oxidation sites excluding steroid dienone is 1. The fourth-order valence-electron chi connectivity index (χ4n) is 2.94. The summed E-state index contributed by atoms with van der Waals surface area (Å²) in [7, 11) is 0. The fraction of sp³-hybridized carbons (Fsp3) is 0.857. The zero-order chi connectivity index (χ0) is 19.5. The minimum Gasteiger partial charge on any atom is -0.481 e. The molecule has 0 aliphatic heterocycles. The van der Waals surface area contributed by atoms with Gasteiger partial charge in [-0.25, -0.2) is 0 Å². The molecule has 0 radical (unpaired) electrons. The van der Waals surface area contributed by atoms with E-state index in [1.54, 1.807) is 0 Å². The summed E-state index contributed by atoms with van der Waals surface area (Å²) in [6, 6.07) is 0. The van der Waals surface area contributed by atoms with Crippen molar-refractivity contribution in [2.45, 2.75) is 109 Å². The molecule has 0 bridgehead atoms. The van der Waals surface area contributed by atoms with E-state index < -0.39 is 12.1 Å². The average molecular weight is 373 g/mol. The number of hydrogen-bond donors (Lipinski definition) is 4. The number of aliphatic hydroxyl groups is 3. The summed E-state index contributed by atoms with van der Waals surface area (Å²) >= 11 is 0. The lowest BCUT2D eigenvalue weighted by Gasteiger charge is -2.08. The molecule has 0 fully saturated rings. The molecule has 0 aliphatic carbocycles. The molecule has 0 rings (SSSR count). The van der Waals surface area contributed by atoms with E-state index in [0.717, 1.165) is 83.5 Å². The minimum atomic E-state index is -0.704.